The topological polar surface area (TPSA) is 93.0 Å². The number of amides is 2. The molecule has 8 nitrogen and oxygen atoms in total. The number of hydrogen-bond donors (Lipinski definition) is 1. The summed E-state index contributed by atoms with van der Waals surface area (Å²) >= 11 is 1.35. The third-order valence-corrected chi connectivity index (χ3v) is 5.71. The molecule has 1 saturated carbocycles. The Balaban J connectivity index is 1.23. The summed E-state index contributed by atoms with van der Waals surface area (Å²) in [7, 11) is 0. The van der Waals surface area contributed by atoms with Gasteiger partial charge in [-0.3, -0.25) is 9.59 Å². The van der Waals surface area contributed by atoms with Crippen LogP contribution in [0, 0.1) is 0 Å². The first-order valence-corrected chi connectivity index (χ1v) is 10.2. The summed E-state index contributed by atoms with van der Waals surface area (Å²) in [4.78, 5) is 26.3. The highest BCUT2D eigenvalue weighted by Gasteiger charge is 2.28. The zero-order chi connectivity index (χ0) is 18.6. The third kappa shape index (κ3) is 4.47. The molecule has 2 aliphatic rings. The van der Waals surface area contributed by atoms with Gasteiger partial charge in [0.15, 0.2) is 0 Å². The van der Waals surface area contributed by atoms with E-state index in [-0.39, 0.29) is 17.6 Å². The fourth-order valence-corrected chi connectivity index (χ4v) is 3.85. The smallest absolute Gasteiger partial charge is 0.253 e. The van der Waals surface area contributed by atoms with Crippen molar-refractivity contribution in [2.75, 3.05) is 18.8 Å². The normalized spacial score (nSPS) is 16.5. The van der Waals surface area contributed by atoms with Gasteiger partial charge < -0.3 is 10.2 Å². The van der Waals surface area contributed by atoms with E-state index in [0.29, 0.717) is 23.3 Å². The maximum absolute atomic E-state index is 12.3. The van der Waals surface area contributed by atoms with Crippen molar-refractivity contribution < 1.29 is 9.59 Å². The van der Waals surface area contributed by atoms with E-state index in [1.165, 1.54) is 11.8 Å². The summed E-state index contributed by atoms with van der Waals surface area (Å²) in [6, 6.07) is 7.85. The van der Waals surface area contributed by atoms with Crippen LogP contribution in [0.15, 0.2) is 29.4 Å². The van der Waals surface area contributed by atoms with E-state index in [1.54, 1.807) is 4.68 Å². The van der Waals surface area contributed by atoms with Crippen LogP contribution in [-0.4, -0.2) is 55.8 Å². The van der Waals surface area contributed by atoms with Crippen molar-refractivity contribution in [3.63, 3.8) is 0 Å². The monoisotopic (exact) mass is 386 g/mol. The summed E-state index contributed by atoms with van der Waals surface area (Å²) < 4.78 is 1.80. The van der Waals surface area contributed by atoms with Gasteiger partial charge in [-0.15, -0.1) is 5.10 Å². The van der Waals surface area contributed by atoms with Gasteiger partial charge in [-0.25, -0.2) is 4.68 Å². The zero-order valence-electron chi connectivity index (χ0n) is 15.0. The molecule has 0 unspecified atom stereocenters. The van der Waals surface area contributed by atoms with Gasteiger partial charge in [0.2, 0.25) is 11.1 Å². The second-order valence-corrected chi connectivity index (χ2v) is 7.84. The standard InChI is InChI=1S/C18H22N6O2S/c25-16(12-27-18-20-21-22-24(18)15-7-8-15)19-11-13-3-5-14(6-4-13)17(26)23-9-1-2-10-23/h3-6,15H,1-2,7-12H2,(H,19,25). The highest BCUT2D eigenvalue weighted by molar-refractivity contribution is 7.99. The number of nitrogens with one attached hydrogen (secondary N) is 1. The van der Waals surface area contributed by atoms with Crippen molar-refractivity contribution in [3.8, 4) is 0 Å². The van der Waals surface area contributed by atoms with Gasteiger partial charge in [-0.2, -0.15) is 0 Å². The molecule has 1 aliphatic carbocycles. The van der Waals surface area contributed by atoms with Gasteiger partial charge in [-0.05, 0) is 53.8 Å². The van der Waals surface area contributed by atoms with Crippen molar-refractivity contribution >= 4 is 23.6 Å². The highest BCUT2D eigenvalue weighted by atomic mass is 32.2. The van der Waals surface area contributed by atoms with E-state index in [0.717, 1.165) is 44.3 Å². The molecule has 1 aromatic carbocycles. The summed E-state index contributed by atoms with van der Waals surface area (Å²) in [6.07, 6.45) is 4.36. The van der Waals surface area contributed by atoms with Crippen molar-refractivity contribution in [2.24, 2.45) is 0 Å². The number of aromatic nitrogens is 4. The van der Waals surface area contributed by atoms with Gasteiger partial charge in [-0.1, -0.05) is 23.9 Å². The molecule has 2 fully saturated rings. The Labute approximate surface area is 161 Å². The number of nitrogens with zero attached hydrogens (tertiary/aromatic N) is 5. The molecule has 1 saturated heterocycles. The van der Waals surface area contributed by atoms with Crippen molar-refractivity contribution in [2.45, 2.75) is 43.4 Å². The van der Waals surface area contributed by atoms with Crippen LogP contribution < -0.4 is 5.32 Å². The predicted octanol–water partition coefficient (Wildman–Crippen LogP) is 1.65. The van der Waals surface area contributed by atoms with E-state index in [9.17, 15) is 9.59 Å². The molecule has 2 amide bonds. The van der Waals surface area contributed by atoms with Crippen LogP contribution in [0.4, 0.5) is 0 Å². The number of tetrazole rings is 1. The maximum atomic E-state index is 12.3. The number of carbonyl (C=O) groups is 2. The van der Waals surface area contributed by atoms with Crippen LogP contribution in [0.1, 0.15) is 47.6 Å². The SMILES string of the molecule is O=C(CSc1nnnn1C1CC1)NCc1ccc(C(=O)N2CCCC2)cc1. The minimum absolute atomic E-state index is 0.0671. The van der Waals surface area contributed by atoms with Crippen LogP contribution >= 0.6 is 11.8 Å². The van der Waals surface area contributed by atoms with Crippen LogP contribution in [0.5, 0.6) is 0 Å². The maximum Gasteiger partial charge on any atom is 0.253 e. The molecule has 27 heavy (non-hydrogen) atoms. The molecule has 142 valence electrons. The molecule has 9 heteroatoms. The fourth-order valence-electron chi connectivity index (χ4n) is 3.08. The molecule has 4 rings (SSSR count). The number of thioether (sulfide) groups is 1. The van der Waals surface area contributed by atoms with E-state index >= 15 is 0 Å². The zero-order valence-corrected chi connectivity index (χ0v) is 15.8. The number of likely N-dealkylation sites (tertiary alicyclic amines) is 1. The molecular weight excluding hydrogens is 364 g/mol. The largest absolute Gasteiger partial charge is 0.351 e. The Morgan fingerprint density at radius 2 is 1.89 bits per heavy atom. The Morgan fingerprint density at radius 3 is 2.59 bits per heavy atom. The third-order valence-electron chi connectivity index (χ3n) is 4.77. The van der Waals surface area contributed by atoms with Crippen LogP contribution in [0.2, 0.25) is 0 Å². The number of rotatable bonds is 7. The predicted molar refractivity (Wildman–Crippen MR) is 100 cm³/mol. The second kappa shape index (κ2) is 8.08. The quantitative estimate of drug-likeness (QED) is 0.728. The summed E-state index contributed by atoms with van der Waals surface area (Å²) in [5, 5.41) is 15.2. The molecule has 0 atom stereocenters. The molecule has 0 bridgehead atoms. The van der Waals surface area contributed by atoms with E-state index in [4.69, 9.17) is 0 Å². The lowest BCUT2D eigenvalue weighted by atomic mass is 10.1. The Morgan fingerprint density at radius 1 is 1.15 bits per heavy atom. The van der Waals surface area contributed by atoms with Gasteiger partial charge in [0.05, 0.1) is 11.8 Å². The first-order chi connectivity index (χ1) is 13.2. The Hall–Kier alpha value is -2.42. The first kappa shape index (κ1) is 18.0. The first-order valence-electron chi connectivity index (χ1n) is 9.26. The molecule has 1 aromatic heterocycles. The summed E-state index contributed by atoms with van der Waals surface area (Å²) in [6.45, 7) is 2.13. The van der Waals surface area contributed by atoms with Gasteiger partial charge in [0, 0.05) is 25.2 Å². The molecule has 2 heterocycles. The lowest BCUT2D eigenvalue weighted by molar-refractivity contribution is -0.118. The van der Waals surface area contributed by atoms with Crippen molar-refractivity contribution in [1.82, 2.24) is 30.4 Å². The molecule has 1 N–H and O–H groups in total. The lowest BCUT2D eigenvalue weighted by Crippen LogP contribution is -2.27. The van der Waals surface area contributed by atoms with Crippen LogP contribution in [0.25, 0.3) is 0 Å². The van der Waals surface area contributed by atoms with Gasteiger partial charge in [0.1, 0.15) is 0 Å². The van der Waals surface area contributed by atoms with Crippen LogP contribution in [0.3, 0.4) is 0 Å². The van der Waals surface area contributed by atoms with E-state index < -0.39 is 0 Å². The van der Waals surface area contributed by atoms with Crippen molar-refractivity contribution in [3.05, 3.63) is 35.4 Å². The number of hydrogen-bond acceptors (Lipinski definition) is 6. The lowest BCUT2D eigenvalue weighted by Gasteiger charge is -2.15. The Bertz CT molecular complexity index is 812. The average molecular weight is 386 g/mol. The number of carbonyl (C=O) groups excluding carboxylic acids is 2. The second-order valence-electron chi connectivity index (χ2n) is 6.90. The minimum Gasteiger partial charge on any atom is -0.351 e. The summed E-state index contributed by atoms with van der Waals surface area (Å²) in [5.41, 5.74) is 1.67. The fraction of sp³-hybridized carbons (Fsp3) is 0.500. The number of benzene rings is 1. The van der Waals surface area contributed by atoms with E-state index in [1.807, 2.05) is 29.2 Å². The molecule has 1 aliphatic heterocycles. The van der Waals surface area contributed by atoms with Crippen LogP contribution in [-0.2, 0) is 11.3 Å². The Kier molecular flexibility index (Phi) is 5.38. The minimum atomic E-state index is -0.0671. The van der Waals surface area contributed by atoms with Gasteiger partial charge >= 0.3 is 0 Å². The summed E-state index contributed by atoms with van der Waals surface area (Å²) in [5.74, 6) is 0.300. The van der Waals surface area contributed by atoms with Crippen molar-refractivity contribution in [1.29, 1.82) is 0 Å². The molecular formula is C18H22N6O2S. The molecule has 0 radical (unpaired) electrons. The van der Waals surface area contributed by atoms with E-state index in [2.05, 4.69) is 20.8 Å². The average Bonchev–Trinajstić information content (AvgIpc) is 3.20. The highest BCUT2D eigenvalue weighted by Crippen LogP contribution is 2.36. The molecule has 2 aromatic rings. The van der Waals surface area contributed by atoms with Gasteiger partial charge in [0.25, 0.3) is 5.91 Å². The molecule has 0 spiro atoms.